The zero-order valence-electron chi connectivity index (χ0n) is 11.1. The molecule has 0 aliphatic carbocycles. The molecule has 0 aliphatic heterocycles. The van der Waals surface area contributed by atoms with Crippen LogP contribution in [0.4, 0.5) is 13.2 Å². The van der Waals surface area contributed by atoms with Crippen LogP contribution < -0.4 is 10.1 Å². The Morgan fingerprint density at radius 3 is 2.50 bits per heavy atom. The molecule has 0 saturated heterocycles. The van der Waals surface area contributed by atoms with E-state index in [1.54, 1.807) is 6.07 Å². The Kier molecular flexibility index (Phi) is 4.71. The van der Waals surface area contributed by atoms with Gasteiger partial charge in [0, 0.05) is 17.7 Å². The number of aliphatic hydroxyl groups is 1. The van der Waals surface area contributed by atoms with E-state index in [1.807, 2.05) is 0 Å². The molecule has 1 atom stereocenters. The van der Waals surface area contributed by atoms with Crippen molar-refractivity contribution in [1.82, 2.24) is 5.32 Å². The monoisotopic (exact) mass is 315 g/mol. The Labute approximate surface area is 123 Å². The third-order valence-corrected chi connectivity index (χ3v) is 2.73. The molecule has 0 radical (unpaired) electrons. The van der Waals surface area contributed by atoms with E-state index in [-0.39, 0.29) is 12.1 Å². The van der Waals surface area contributed by atoms with E-state index in [0.717, 1.165) is 12.1 Å². The maximum atomic E-state index is 12.0. The number of amides is 1. The molecule has 1 aromatic carbocycles. The highest BCUT2D eigenvalue weighted by atomic mass is 19.4. The van der Waals surface area contributed by atoms with Gasteiger partial charge in [-0.05, 0) is 30.3 Å². The highest BCUT2D eigenvalue weighted by Crippen LogP contribution is 2.22. The molecule has 2 rings (SSSR count). The molecular weight excluding hydrogens is 303 g/mol. The number of nitrogens with one attached hydrogen (secondary N) is 1. The first-order valence-corrected chi connectivity index (χ1v) is 6.19. The summed E-state index contributed by atoms with van der Waals surface area (Å²) >= 11 is 0. The summed E-state index contributed by atoms with van der Waals surface area (Å²) in [5, 5.41) is 12.2. The van der Waals surface area contributed by atoms with E-state index in [1.165, 1.54) is 24.7 Å². The summed E-state index contributed by atoms with van der Waals surface area (Å²) in [7, 11) is 0. The minimum atomic E-state index is -4.78. The van der Waals surface area contributed by atoms with E-state index in [2.05, 4.69) is 10.1 Å². The number of carbonyl (C=O) groups excluding carboxylic acids is 1. The van der Waals surface area contributed by atoms with Crippen molar-refractivity contribution in [3.8, 4) is 5.75 Å². The molecule has 0 saturated carbocycles. The van der Waals surface area contributed by atoms with Gasteiger partial charge < -0.3 is 19.6 Å². The summed E-state index contributed by atoms with van der Waals surface area (Å²) in [5.74, 6) is -0.941. The number of furan rings is 1. The highest BCUT2D eigenvalue weighted by molar-refractivity contribution is 5.94. The molecular formula is C14H12F3NO4. The zero-order chi connectivity index (χ0) is 16.2. The average Bonchev–Trinajstić information content (AvgIpc) is 2.97. The van der Waals surface area contributed by atoms with Gasteiger partial charge in [-0.15, -0.1) is 13.2 Å². The van der Waals surface area contributed by atoms with Gasteiger partial charge >= 0.3 is 6.36 Å². The molecule has 5 nitrogen and oxygen atoms in total. The molecule has 0 fully saturated rings. The largest absolute Gasteiger partial charge is 0.573 e. The van der Waals surface area contributed by atoms with E-state index in [9.17, 15) is 23.1 Å². The molecule has 0 aliphatic rings. The third kappa shape index (κ3) is 4.52. The van der Waals surface area contributed by atoms with Crippen LogP contribution in [0.3, 0.4) is 0 Å². The number of alkyl halides is 3. The van der Waals surface area contributed by atoms with Gasteiger partial charge in [-0.3, -0.25) is 4.79 Å². The van der Waals surface area contributed by atoms with E-state index in [0.29, 0.717) is 5.56 Å². The summed E-state index contributed by atoms with van der Waals surface area (Å²) in [5.41, 5.74) is 0.656. The molecule has 0 spiro atoms. The molecule has 0 unspecified atom stereocenters. The van der Waals surface area contributed by atoms with Gasteiger partial charge in [0.1, 0.15) is 5.75 Å². The van der Waals surface area contributed by atoms with Gasteiger partial charge in [0.05, 0.1) is 18.6 Å². The van der Waals surface area contributed by atoms with Crippen molar-refractivity contribution in [3.63, 3.8) is 0 Å². The summed E-state index contributed by atoms with van der Waals surface area (Å²) in [6.45, 7) is -0.0564. The van der Waals surface area contributed by atoms with Crippen LogP contribution in [0.25, 0.3) is 0 Å². The van der Waals surface area contributed by atoms with Crippen molar-refractivity contribution in [2.24, 2.45) is 0 Å². The van der Waals surface area contributed by atoms with Crippen LogP contribution in [0, 0.1) is 0 Å². The predicted molar refractivity (Wildman–Crippen MR) is 69.1 cm³/mol. The van der Waals surface area contributed by atoms with Crippen molar-refractivity contribution in [2.45, 2.75) is 12.5 Å². The van der Waals surface area contributed by atoms with Crippen LogP contribution in [0.1, 0.15) is 22.0 Å². The first-order chi connectivity index (χ1) is 10.3. The predicted octanol–water partition coefficient (Wildman–Crippen LogP) is 2.64. The summed E-state index contributed by atoms with van der Waals surface area (Å²) in [6.07, 6.45) is -2.98. The molecule has 2 N–H and O–H groups in total. The zero-order valence-corrected chi connectivity index (χ0v) is 11.1. The van der Waals surface area contributed by atoms with Gasteiger partial charge in [0.25, 0.3) is 5.91 Å². The van der Waals surface area contributed by atoms with Gasteiger partial charge in [0.15, 0.2) is 0 Å². The number of hydrogen-bond donors (Lipinski definition) is 2. The van der Waals surface area contributed by atoms with Gasteiger partial charge in [0.2, 0.25) is 0 Å². The number of ether oxygens (including phenoxy) is 1. The van der Waals surface area contributed by atoms with Crippen molar-refractivity contribution < 1.29 is 32.2 Å². The SMILES string of the molecule is O=C(NC[C@H](O)c1ccoc1)c1ccc(OC(F)(F)F)cc1. The Hall–Kier alpha value is -2.48. The van der Waals surface area contributed by atoms with E-state index in [4.69, 9.17) is 4.42 Å². The molecule has 1 heterocycles. The fraction of sp³-hybridized carbons (Fsp3) is 0.214. The number of halogens is 3. The summed E-state index contributed by atoms with van der Waals surface area (Å²) in [4.78, 5) is 11.8. The first kappa shape index (κ1) is 15.9. The minimum Gasteiger partial charge on any atom is -0.472 e. The third-order valence-electron chi connectivity index (χ3n) is 2.73. The topological polar surface area (TPSA) is 71.7 Å². The van der Waals surface area contributed by atoms with E-state index >= 15 is 0 Å². The standard InChI is InChI=1S/C14H12F3NO4/c15-14(16,17)22-11-3-1-9(2-4-11)13(20)18-7-12(19)10-5-6-21-8-10/h1-6,8,12,19H,7H2,(H,18,20)/t12-/m0/s1. The van der Waals surface area contributed by atoms with E-state index < -0.39 is 24.1 Å². The Morgan fingerprint density at radius 2 is 1.95 bits per heavy atom. The smallest absolute Gasteiger partial charge is 0.472 e. The second-order valence-corrected chi connectivity index (χ2v) is 4.35. The molecule has 2 aromatic rings. The normalized spacial score (nSPS) is 12.7. The molecule has 0 bridgehead atoms. The number of carbonyl (C=O) groups is 1. The second-order valence-electron chi connectivity index (χ2n) is 4.35. The van der Waals surface area contributed by atoms with Crippen LogP contribution in [0.5, 0.6) is 5.75 Å². The Morgan fingerprint density at radius 1 is 1.27 bits per heavy atom. The van der Waals surface area contributed by atoms with Gasteiger partial charge in [-0.2, -0.15) is 0 Å². The Balaban J connectivity index is 1.90. The van der Waals surface area contributed by atoms with Crippen molar-refractivity contribution in [3.05, 3.63) is 54.0 Å². The lowest BCUT2D eigenvalue weighted by atomic mass is 10.1. The number of benzene rings is 1. The van der Waals surface area contributed by atoms with Crippen molar-refractivity contribution in [2.75, 3.05) is 6.54 Å². The van der Waals surface area contributed by atoms with Gasteiger partial charge in [-0.1, -0.05) is 0 Å². The lowest BCUT2D eigenvalue weighted by molar-refractivity contribution is -0.274. The Bertz CT molecular complexity index is 608. The molecule has 118 valence electrons. The lowest BCUT2D eigenvalue weighted by Gasteiger charge is -2.11. The number of aliphatic hydroxyl groups excluding tert-OH is 1. The number of rotatable bonds is 5. The highest BCUT2D eigenvalue weighted by Gasteiger charge is 2.31. The van der Waals surface area contributed by atoms with Crippen LogP contribution in [0.15, 0.2) is 47.3 Å². The second kappa shape index (κ2) is 6.52. The van der Waals surface area contributed by atoms with Crippen molar-refractivity contribution >= 4 is 5.91 Å². The van der Waals surface area contributed by atoms with Gasteiger partial charge in [-0.25, -0.2) is 0 Å². The summed E-state index contributed by atoms with van der Waals surface area (Å²) < 4.78 is 44.5. The lowest BCUT2D eigenvalue weighted by Crippen LogP contribution is -2.28. The maximum absolute atomic E-state index is 12.0. The fourth-order valence-corrected chi connectivity index (χ4v) is 1.68. The maximum Gasteiger partial charge on any atom is 0.573 e. The molecule has 8 heteroatoms. The molecule has 1 amide bonds. The summed E-state index contributed by atoms with van der Waals surface area (Å²) in [6, 6.07) is 6.02. The van der Waals surface area contributed by atoms with Crippen molar-refractivity contribution in [1.29, 1.82) is 0 Å². The quantitative estimate of drug-likeness (QED) is 0.890. The first-order valence-electron chi connectivity index (χ1n) is 6.19. The fourth-order valence-electron chi connectivity index (χ4n) is 1.68. The minimum absolute atomic E-state index is 0.0564. The van der Waals surface area contributed by atoms with Crippen LogP contribution in [-0.2, 0) is 0 Å². The molecule has 1 aromatic heterocycles. The van der Waals surface area contributed by atoms with Crippen LogP contribution in [0.2, 0.25) is 0 Å². The number of hydrogen-bond acceptors (Lipinski definition) is 4. The van der Waals surface area contributed by atoms with Crippen LogP contribution >= 0.6 is 0 Å². The molecule has 22 heavy (non-hydrogen) atoms. The van der Waals surface area contributed by atoms with Crippen LogP contribution in [-0.4, -0.2) is 23.9 Å². The average molecular weight is 315 g/mol.